The number of rotatable bonds is 4. The number of carbonyl (C=O) groups is 2. The van der Waals surface area contributed by atoms with Crippen LogP contribution in [0.3, 0.4) is 0 Å². The van der Waals surface area contributed by atoms with Crippen LogP contribution in [-0.2, 0) is 4.79 Å². The Kier molecular flexibility index (Phi) is 4.98. The summed E-state index contributed by atoms with van der Waals surface area (Å²) in [5, 5.41) is 9.83. The number of thiazole rings is 1. The van der Waals surface area contributed by atoms with Crippen molar-refractivity contribution in [2.45, 2.75) is 40.0 Å². The first-order valence-electron chi connectivity index (χ1n) is 7.33. The minimum absolute atomic E-state index is 0.0466. The number of carboxylic acid groups (broad SMARTS) is 1. The molecule has 0 bridgehead atoms. The summed E-state index contributed by atoms with van der Waals surface area (Å²) in [6, 6.07) is 0. The largest absolute Gasteiger partial charge is 0.481 e. The molecule has 1 fully saturated rings. The molecule has 5 nitrogen and oxygen atoms in total. The van der Waals surface area contributed by atoms with Crippen LogP contribution in [0.1, 0.15) is 46.6 Å². The normalized spacial score (nSPS) is 20.3. The number of aromatic nitrogens is 1. The molecule has 1 aliphatic rings. The molecule has 0 aliphatic carbocycles. The zero-order chi connectivity index (χ0) is 15.6. The van der Waals surface area contributed by atoms with Gasteiger partial charge in [0, 0.05) is 19.5 Å². The van der Waals surface area contributed by atoms with Crippen molar-refractivity contribution in [3.05, 3.63) is 15.6 Å². The third-order valence-electron chi connectivity index (χ3n) is 4.14. The quantitative estimate of drug-likeness (QED) is 0.928. The van der Waals surface area contributed by atoms with Crippen LogP contribution in [-0.4, -0.2) is 40.0 Å². The number of carboxylic acids is 1. The fraction of sp³-hybridized carbons (Fsp3) is 0.667. The van der Waals surface area contributed by atoms with Crippen molar-refractivity contribution in [3.63, 3.8) is 0 Å². The van der Waals surface area contributed by atoms with Crippen LogP contribution >= 0.6 is 11.3 Å². The van der Waals surface area contributed by atoms with E-state index in [-0.39, 0.29) is 24.2 Å². The smallest absolute Gasteiger partial charge is 0.303 e. The van der Waals surface area contributed by atoms with Gasteiger partial charge in [0.15, 0.2) is 0 Å². The summed E-state index contributed by atoms with van der Waals surface area (Å²) >= 11 is 1.44. The molecule has 21 heavy (non-hydrogen) atoms. The predicted octanol–water partition coefficient (Wildman–Crippen LogP) is 2.72. The Balaban J connectivity index is 2.05. The first-order valence-corrected chi connectivity index (χ1v) is 8.15. The highest BCUT2D eigenvalue weighted by atomic mass is 32.1. The monoisotopic (exact) mass is 310 g/mol. The van der Waals surface area contributed by atoms with Crippen LogP contribution in [0.2, 0.25) is 0 Å². The Morgan fingerprint density at radius 2 is 2.19 bits per heavy atom. The van der Waals surface area contributed by atoms with Crippen LogP contribution in [0.4, 0.5) is 0 Å². The van der Waals surface area contributed by atoms with E-state index in [0.29, 0.717) is 6.54 Å². The summed E-state index contributed by atoms with van der Waals surface area (Å²) in [4.78, 5) is 30.4. The molecule has 0 saturated carbocycles. The van der Waals surface area contributed by atoms with Crippen LogP contribution < -0.4 is 0 Å². The average molecular weight is 310 g/mol. The molecule has 1 aromatic heterocycles. The van der Waals surface area contributed by atoms with Gasteiger partial charge in [0.05, 0.1) is 10.7 Å². The molecule has 1 saturated heterocycles. The highest BCUT2D eigenvalue weighted by Gasteiger charge is 2.30. The second kappa shape index (κ2) is 6.56. The van der Waals surface area contributed by atoms with Gasteiger partial charge >= 0.3 is 5.97 Å². The van der Waals surface area contributed by atoms with E-state index in [0.717, 1.165) is 35.0 Å². The first-order chi connectivity index (χ1) is 9.88. The van der Waals surface area contributed by atoms with Gasteiger partial charge in [-0.15, -0.1) is 11.3 Å². The van der Waals surface area contributed by atoms with Crippen LogP contribution in [0.5, 0.6) is 0 Å². The fourth-order valence-corrected chi connectivity index (χ4v) is 3.86. The van der Waals surface area contributed by atoms with Gasteiger partial charge in [-0.2, -0.15) is 0 Å². The van der Waals surface area contributed by atoms with Gasteiger partial charge in [-0.1, -0.05) is 6.92 Å². The molecule has 1 amide bonds. The number of hydrogen-bond donors (Lipinski definition) is 1. The second-order valence-electron chi connectivity index (χ2n) is 5.88. The van der Waals surface area contributed by atoms with E-state index in [2.05, 4.69) is 4.98 Å². The molecule has 2 unspecified atom stereocenters. The summed E-state index contributed by atoms with van der Waals surface area (Å²) in [5.41, 5.74) is 0.795. The zero-order valence-corrected chi connectivity index (χ0v) is 13.6. The highest BCUT2D eigenvalue weighted by molar-refractivity contribution is 7.13. The third kappa shape index (κ3) is 3.81. The van der Waals surface area contributed by atoms with E-state index in [4.69, 9.17) is 5.11 Å². The third-order valence-corrected chi connectivity index (χ3v) is 5.21. The number of piperidine rings is 1. The van der Waals surface area contributed by atoms with Gasteiger partial charge in [0.25, 0.3) is 5.91 Å². The van der Waals surface area contributed by atoms with Crippen molar-refractivity contribution < 1.29 is 14.7 Å². The van der Waals surface area contributed by atoms with E-state index in [1.807, 2.05) is 25.7 Å². The minimum atomic E-state index is -0.764. The molecule has 2 atom stereocenters. The van der Waals surface area contributed by atoms with Crippen molar-refractivity contribution in [2.24, 2.45) is 11.8 Å². The molecule has 2 rings (SSSR count). The first kappa shape index (κ1) is 15.9. The summed E-state index contributed by atoms with van der Waals surface area (Å²) in [6.45, 7) is 7.15. The maximum Gasteiger partial charge on any atom is 0.303 e. The predicted molar refractivity (Wildman–Crippen MR) is 81.6 cm³/mol. The van der Waals surface area contributed by atoms with Crippen molar-refractivity contribution >= 4 is 23.2 Å². The molecule has 2 heterocycles. The number of carbonyl (C=O) groups excluding carboxylic acids is 1. The van der Waals surface area contributed by atoms with Gasteiger partial charge in [-0.25, -0.2) is 4.98 Å². The lowest BCUT2D eigenvalue weighted by molar-refractivity contribution is -0.138. The fourth-order valence-electron chi connectivity index (χ4n) is 2.97. The van der Waals surface area contributed by atoms with Crippen LogP contribution in [0.25, 0.3) is 0 Å². The second-order valence-corrected chi connectivity index (χ2v) is 7.08. The Morgan fingerprint density at radius 1 is 1.48 bits per heavy atom. The molecule has 0 aromatic carbocycles. The van der Waals surface area contributed by atoms with Crippen molar-refractivity contribution in [1.82, 2.24) is 9.88 Å². The number of hydrogen-bond acceptors (Lipinski definition) is 4. The molecular formula is C15H22N2O3S. The molecule has 1 aromatic rings. The van der Waals surface area contributed by atoms with Gasteiger partial charge in [0.2, 0.25) is 0 Å². The lowest BCUT2D eigenvalue weighted by atomic mass is 9.84. The Labute approximate surface area is 129 Å². The number of nitrogens with zero attached hydrogens (tertiary/aromatic N) is 2. The zero-order valence-electron chi connectivity index (χ0n) is 12.8. The van der Waals surface area contributed by atoms with Crippen molar-refractivity contribution in [3.8, 4) is 0 Å². The van der Waals surface area contributed by atoms with E-state index in [1.54, 1.807) is 0 Å². The van der Waals surface area contributed by atoms with Gasteiger partial charge in [-0.05, 0) is 38.5 Å². The molecule has 6 heteroatoms. The number of aryl methyl sites for hydroxylation is 2. The van der Waals surface area contributed by atoms with Crippen LogP contribution in [0.15, 0.2) is 0 Å². The van der Waals surface area contributed by atoms with Crippen LogP contribution in [0, 0.1) is 25.7 Å². The number of aliphatic carboxylic acids is 1. The lowest BCUT2D eigenvalue weighted by Crippen LogP contribution is -2.42. The number of likely N-dealkylation sites (tertiary alicyclic amines) is 1. The van der Waals surface area contributed by atoms with Gasteiger partial charge in [0.1, 0.15) is 4.88 Å². The number of amides is 1. The maximum atomic E-state index is 12.6. The minimum Gasteiger partial charge on any atom is -0.481 e. The van der Waals surface area contributed by atoms with Crippen molar-refractivity contribution in [1.29, 1.82) is 0 Å². The van der Waals surface area contributed by atoms with E-state index >= 15 is 0 Å². The van der Waals surface area contributed by atoms with E-state index < -0.39 is 5.97 Å². The Hall–Kier alpha value is -1.43. The summed E-state index contributed by atoms with van der Waals surface area (Å²) in [6.07, 6.45) is 2.11. The summed E-state index contributed by atoms with van der Waals surface area (Å²) < 4.78 is 0. The Morgan fingerprint density at radius 3 is 2.76 bits per heavy atom. The SMILES string of the molecule is Cc1nc(C)c(C(=O)N2CCCC(C(C)CC(=O)O)C2)s1. The van der Waals surface area contributed by atoms with E-state index in [9.17, 15) is 9.59 Å². The summed E-state index contributed by atoms with van der Waals surface area (Å²) in [7, 11) is 0. The highest BCUT2D eigenvalue weighted by Crippen LogP contribution is 2.28. The summed E-state index contributed by atoms with van der Waals surface area (Å²) in [5.74, 6) is -0.347. The molecule has 1 N–H and O–H groups in total. The van der Waals surface area contributed by atoms with Crippen molar-refractivity contribution in [2.75, 3.05) is 13.1 Å². The Bertz CT molecular complexity index is 541. The van der Waals surface area contributed by atoms with E-state index in [1.165, 1.54) is 11.3 Å². The topological polar surface area (TPSA) is 70.5 Å². The van der Waals surface area contributed by atoms with Gasteiger partial charge < -0.3 is 10.0 Å². The molecule has 116 valence electrons. The standard InChI is InChI=1S/C15H22N2O3S/c1-9(7-13(18)19)12-5-4-6-17(8-12)15(20)14-10(2)16-11(3)21-14/h9,12H,4-8H2,1-3H3,(H,18,19). The molecular weight excluding hydrogens is 288 g/mol. The maximum absolute atomic E-state index is 12.6. The molecule has 0 spiro atoms. The average Bonchev–Trinajstić information content (AvgIpc) is 2.76. The molecule has 1 aliphatic heterocycles. The lowest BCUT2D eigenvalue weighted by Gasteiger charge is -2.35. The molecule has 0 radical (unpaired) electrons. The van der Waals surface area contributed by atoms with Gasteiger partial charge in [-0.3, -0.25) is 9.59 Å².